The second kappa shape index (κ2) is 5.85. The molecule has 118 valence electrons. The Kier molecular flexibility index (Phi) is 3.54. The fourth-order valence-electron chi connectivity index (χ4n) is 3.32. The van der Waals surface area contributed by atoms with Crippen LogP contribution in [0.2, 0.25) is 0 Å². The highest BCUT2D eigenvalue weighted by molar-refractivity contribution is 5.92. The third-order valence-corrected chi connectivity index (χ3v) is 4.47. The molecule has 3 heteroatoms. The van der Waals surface area contributed by atoms with E-state index in [1.54, 1.807) is 18.2 Å². The van der Waals surface area contributed by atoms with Crippen LogP contribution in [0.25, 0.3) is 11.1 Å². The molecule has 0 saturated carbocycles. The normalized spacial score (nSPS) is 12.5. The fraction of sp³-hybridized carbons (Fsp3) is 0.0952. The summed E-state index contributed by atoms with van der Waals surface area (Å²) in [5, 5.41) is 9.79. The van der Waals surface area contributed by atoms with E-state index >= 15 is 0 Å². The third kappa shape index (κ3) is 2.35. The van der Waals surface area contributed by atoms with Crippen molar-refractivity contribution >= 4 is 5.97 Å². The molecular weight excluding hydrogens is 300 g/mol. The third-order valence-electron chi connectivity index (χ3n) is 4.47. The molecule has 24 heavy (non-hydrogen) atoms. The minimum absolute atomic E-state index is 0.0206. The van der Waals surface area contributed by atoms with Gasteiger partial charge in [0.2, 0.25) is 0 Å². The summed E-state index contributed by atoms with van der Waals surface area (Å²) in [5.74, 6) is -0.545. The van der Waals surface area contributed by atoms with Crippen LogP contribution in [0.4, 0.5) is 0 Å². The van der Waals surface area contributed by atoms with Crippen molar-refractivity contribution < 1.29 is 14.6 Å². The van der Waals surface area contributed by atoms with Crippen LogP contribution >= 0.6 is 0 Å². The van der Waals surface area contributed by atoms with Gasteiger partial charge >= 0.3 is 5.97 Å². The number of rotatable bonds is 3. The number of para-hydroxylation sites is 1. The van der Waals surface area contributed by atoms with Crippen LogP contribution in [0.5, 0.6) is 5.75 Å². The van der Waals surface area contributed by atoms with Gasteiger partial charge in [-0.3, -0.25) is 0 Å². The second-order valence-electron chi connectivity index (χ2n) is 5.84. The number of ether oxygens (including phenoxy) is 1. The van der Waals surface area contributed by atoms with Gasteiger partial charge in [0.15, 0.2) is 0 Å². The van der Waals surface area contributed by atoms with Gasteiger partial charge in [-0.1, -0.05) is 60.7 Å². The van der Waals surface area contributed by atoms with Crippen LogP contribution in [0.3, 0.4) is 0 Å². The molecule has 1 aliphatic carbocycles. The zero-order valence-corrected chi connectivity index (χ0v) is 13.0. The number of hydrogen-bond donors (Lipinski definition) is 1. The number of hydrogen-bond acceptors (Lipinski definition) is 3. The zero-order chi connectivity index (χ0) is 16.5. The molecule has 0 bridgehead atoms. The van der Waals surface area contributed by atoms with Crippen molar-refractivity contribution in [3.8, 4) is 16.9 Å². The van der Waals surface area contributed by atoms with Crippen LogP contribution < -0.4 is 0 Å². The highest BCUT2D eigenvalue weighted by atomic mass is 16.5. The Morgan fingerprint density at radius 1 is 0.833 bits per heavy atom. The molecule has 0 fully saturated rings. The first-order chi connectivity index (χ1) is 11.8. The topological polar surface area (TPSA) is 46.5 Å². The molecule has 3 nitrogen and oxygen atoms in total. The SMILES string of the molecule is O=C(OCC1c2ccccc2-c2ccccc21)c1ccccc1O. The molecule has 0 aliphatic heterocycles. The van der Waals surface area contributed by atoms with E-state index in [-0.39, 0.29) is 23.8 Å². The number of esters is 1. The average Bonchev–Trinajstić information content (AvgIpc) is 2.94. The van der Waals surface area contributed by atoms with Gasteiger partial charge in [0.25, 0.3) is 0 Å². The van der Waals surface area contributed by atoms with E-state index in [0.29, 0.717) is 0 Å². The molecule has 0 spiro atoms. The largest absolute Gasteiger partial charge is 0.507 e. The summed E-state index contributed by atoms with van der Waals surface area (Å²) in [5.41, 5.74) is 4.91. The predicted octanol–water partition coefficient (Wildman–Crippen LogP) is 4.36. The molecule has 0 unspecified atom stereocenters. The van der Waals surface area contributed by atoms with E-state index in [1.807, 2.05) is 24.3 Å². The summed E-state index contributed by atoms with van der Waals surface area (Å²) in [6, 6.07) is 22.8. The Morgan fingerprint density at radius 3 is 2.00 bits per heavy atom. The van der Waals surface area contributed by atoms with Gasteiger partial charge < -0.3 is 9.84 Å². The van der Waals surface area contributed by atoms with Crippen molar-refractivity contribution in [3.05, 3.63) is 89.5 Å². The molecule has 0 saturated heterocycles. The Balaban J connectivity index is 1.61. The average molecular weight is 316 g/mol. The van der Waals surface area contributed by atoms with E-state index in [0.717, 1.165) is 0 Å². The van der Waals surface area contributed by atoms with Crippen molar-refractivity contribution in [3.63, 3.8) is 0 Å². The van der Waals surface area contributed by atoms with E-state index < -0.39 is 5.97 Å². The van der Waals surface area contributed by atoms with Crippen molar-refractivity contribution in [2.75, 3.05) is 6.61 Å². The molecule has 0 radical (unpaired) electrons. The van der Waals surface area contributed by atoms with E-state index in [9.17, 15) is 9.90 Å². The molecule has 0 amide bonds. The maximum atomic E-state index is 12.3. The van der Waals surface area contributed by atoms with Gasteiger partial charge in [0.05, 0.1) is 0 Å². The zero-order valence-electron chi connectivity index (χ0n) is 13.0. The Labute approximate surface area is 140 Å². The van der Waals surface area contributed by atoms with Gasteiger partial charge in [-0.15, -0.1) is 0 Å². The van der Waals surface area contributed by atoms with Crippen molar-refractivity contribution in [1.29, 1.82) is 0 Å². The summed E-state index contributed by atoms with van der Waals surface area (Å²) in [7, 11) is 0. The maximum absolute atomic E-state index is 12.3. The van der Waals surface area contributed by atoms with Crippen LogP contribution in [-0.2, 0) is 4.74 Å². The molecule has 3 aromatic rings. The second-order valence-corrected chi connectivity index (χ2v) is 5.84. The Morgan fingerprint density at radius 2 is 1.38 bits per heavy atom. The monoisotopic (exact) mass is 316 g/mol. The van der Waals surface area contributed by atoms with Crippen molar-refractivity contribution in [1.82, 2.24) is 0 Å². The molecule has 1 aliphatic rings. The molecule has 0 aromatic heterocycles. The number of benzene rings is 3. The molecule has 0 heterocycles. The minimum atomic E-state index is -0.505. The summed E-state index contributed by atoms with van der Waals surface area (Å²) in [4.78, 5) is 12.3. The van der Waals surface area contributed by atoms with E-state index in [4.69, 9.17) is 4.74 Å². The molecular formula is C21H16O3. The highest BCUT2D eigenvalue weighted by Crippen LogP contribution is 2.44. The van der Waals surface area contributed by atoms with Gasteiger partial charge in [0, 0.05) is 5.92 Å². The van der Waals surface area contributed by atoms with Crippen molar-refractivity contribution in [2.45, 2.75) is 5.92 Å². The van der Waals surface area contributed by atoms with Gasteiger partial charge in [0.1, 0.15) is 17.9 Å². The quantitative estimate of drug-likeness (QED) is 0.730. The van der Waals surface area contributed by atoms with Crippen LogP contribution in [0, 0.1) is 0 Å². The Hall–Kier alpha value is -3.07. The smallest absolute Gasteiger partial charge is 0.341 e. The Bertz CT molecular complexity index is 869. The van der Waals surface area contributed by atoms with E-state index in [2.05, 4.69) is 24.3 Å². The van der Waals surface area contributed by atoms with Gasteiger partial charge in [-0.2, -0.15) is 0 Å². The summed E-state index contributed by atoms with van der Waals surface area (Å²) in [6.45, 7) is 0.251. The standard InChI is InChI=1S/C21H16O3/c22-20-12-6-5-11-18(20)21(23)24-13-19-16-9-3-1-7-14(16)15-8-2-4-10-17(15)19/h1-12,19,22H,13H2. The number of carbonyl (C=O) groups is 1. The van der Waals surface area contributed by atoms with Crippen LogP contribution in [0.15, 0.2) is 72.8 Å². The first-order valence-electron chi connectivity index (χ1n) is 7.89. The highest BCUT2D eigenvalue weighted by Gasteiger charge is 2.29. The van der Waals surface area contributed by atoms with E-state index in [1.165, 1.54) is 28.3 Å². The lowest BCUT2D eigenvalue weighted by molar-refractivity contribution is 0.0490. The first kappa shape index (κ1) is 14.5. The lowest BCUT2D eigenvalue weighted by Gasteiger charge is -2.14. The van der Waals surface area contributed by atoms with Crippen molar-refractivity contribution in [2.24, 2.45) is 0 Å². The minimum Gasteiger partial charge on any atom is -0.507 e. The lowest BCUT2D eigenvalue weighted by Crippen LogP contribution is -2.12. The molecule has 3 aromatic carbocycles. The summed E-state index contributed by atoms with van der Waals surface area (Å²) < 4.78 is 5.51. The summed E-state index contributed by atoms with van der Waals surface area (Å²) >= 11 is 0. The molecule has 4 rings (SSSR count). The lowest BCUT2D eigenvalue weighted by atomic mass is 9.98. The number of aromatic hydroxyl groups is 1. The predicted molar refractivity (Wildman–Crippen MR) is 92.1 cm³/mol. The fourth-order valence-corrected chi connectivity index (χ4v) is 3.32. The van der Waals surface area contributed by atoms with Gasteiger partial charge in [-0.05, 0) is 34.4 Å². The van der Waals surface area contributed by atoms with Gasteiger partial charge in [-0.25, -0.2) is 4.79 Å². The number of carbonyl (C=O) groups excluding carboxylic acids is 1. The number of fused-ring (bicyclic) bond motifs is 3. The maximum Gasteiger partial charge on any atom is 0.341 e. The number of phenols is 1. The first-order valence-corrected chi connectivity index (χ1v) is 7.89. The number of phenolic OH excluding ortho intramolecular Hbond substituents is 1. The molecule has 0 atom stereocenters. The van der Waals surface area contributed by atoms with Crippen LogP contribution in [-0.4, -0.2) is 17.7 Å². The van der Waals surface area contributed by atoms with Crippen LogP contribution in [0.1, 0.15) is 27.4 Å². The molecule has 1 N–H and O–H groups in total. The summed E-state index contributed by atoms with van der Waals surface area (Å²) in [6.07, 6.45) is 0.